The molecule has 0 saturated heterocycles. The van der Waals surface area contributed by atoms with E-state index in [1.807, 2.05) is 22.8 Å². The first-order valence-electron chi connectivity index (χ1n) is 8.27. The van der Waals surface area contributed by atoms with Gasteiger partial charge < -0.3 is 0 Å². The number of halogens is 3. The van der Waals surface area contributed by atoms with Gasteiger partial charge in [-0.25, -0.2) is 0 Å². The molecule has 0 saturated carbocycles. The van der Waals surface area contributed by atoms with Crippen molar-refractivity contribution in [2.24, 2.45) is 0 Å². The number of benzene rings is 2. The SMILES string of the molecule is CC(C)c1cccc(C(C)C)c1NCc1ccc(Cl)cc1[CH]=[Ru]([Cl])[Cl]. The third-order valence-electron chi connectivity index (χ3n) is 4.12. The van der Waals surface area contributed by atoms with E-state index in [9.17, 15) is 0 Å². The van der Waals surface area contributed by atoms with Crippen LogP contribution >= 0.6 is 31.0 Å². The van der Waals surface area contributed by atoms with Crippen LogP contribution in [0.1, 0.15) is 61.8 Å². The Morgan fingerprint density at radius 1 is 1.00 bits per heavy atom. The van der Waals surface area contributed by atoms with Gasteiger partial charge in [0, 0.05) is 0 Å². The summed E-state index contributed by atoms with van der Waals surface area (Å²) in [4.78, 5) is 0. The minimum atomic E-state index is -1.91. The Morgan fingerprint density at radius 3 is 2.12 bits per heavy atom. The Morgan fingerprint density at radius 2 is 1.60 bits per heavy atom. The van der Waals surface area contributed by atoms with Gasteiger partial charge in [0.15, 0.2) is 0 Å². The molecule has 25 heavy (non-hydrogen) atoms. The zero-order valence-corrected chi connectivity index (χ0v) is 18.9. The Bertz CT molecular complexity index is 739. The Labute approximate surface area is 169 Å². The fraction of sp³-hybridized carbons (Fsp3) is 0.350. The summed E-state index contributed by atoms with van der Waals surface area (Å²) in [5.41, 5.74) is 6.09. The van der Waals surface area contributed by atoms with Gasteiger partial charge in [-0.3, -0.25) is 0 Å². The average molecular weight is 486 g/mol. The van der Waals surface area contributed by atoms with Gasteiger partial charge in [0.05, 0.1) is 0 Å². The first-order chi connectivity index (χ1) is 11.8. The zero-order valence-electron chi connectivity index (χ0n) is 14.9. The summed E-state index contributed by atoms with van der Waals surface area (Å²) in [5, 5.41) is 4.36. The monoisotopic (exact) mass is 485 g/mol. The summed E-state index contributed by atoms with van der Waals surface area (Å²) in [5.74, 6) is 0.917. The van der Waals surface area contributed by atoms with Crippen LogP contribution in [0.5, 0.6) is 0 Å². The second kappa shape index (κ2) is 9.51. The molecule has 2 aromatic carbocycles. The summed E-state index contributed by atoms with van der Waals surface area (Å²) in [6.45, 7) is 9.61. The van der Waals surface area contributed by atoms with Gasteiger partial charge in [0.2, 0.25) is 0 Å². The Hall–Kier alpha value is -0.397. The molecule has 5 heteroatoms. The van der Waals surface area contributed by atoms with Crippen molar-refractivity contribution in [1.82, 2.24) is 0 Å². The number of anilines is 1. The molecule has 1 nitrogen and oxygen atoms in total. The van der Waals surface area contributed by atoms with Gasteiger partial charge >= 0.3 is 170 Å². The first kappa shape index (κ1) is 20.9. The van der Waals surface area contributed by atoms with Gasteiger partial charge in [-0.15, -0.1) is 0 Å². The van der Waals surface area contributed by atoms with Crippen LogP contribution in [0.25, 0.3) is 0 Å². The van der Waals surface area contributed by atoms with E-state index in [4.69, 9.17) is 31.0 Å². The van der Waals surface area contributed by atoms with E-state index in [1.54, 1.807) is 0 Å². The molecule has 0 amide bonds. The van der Waals surface area contributed by atoms with Crippen LogP contribution in [-0.4, -0.2) is 4.61 Å². The van der Waals surface area contributed by atoms with Crippen LogP contribution in [0, 0.1) is 0 Å². The fourth-order valence-corrected chi connectivity index (χ4v) is 4.88. The van der Waals surface area contributed by atoms with Crippen molar-refractivity contribution in [2.75, 3.05) is 5.32 Å². The molecule has 2 aromatic rings. The molecule has 0 aliphatic rings. The van der Waals surface area contributed by atoms with Crippen LogP contribution in [0.2, 0.25) is 5.02 Å². The summed E-state index contributed by atoms with van der Waals surface area (Å²) in [7, 11) is 12.2. The van der Waals surface area contributed by atoms with Crippen molar-refractivity contribution in [3.63, 3.8) is 0 Å². The summed E-state index contributed by atoms with van der Waals surface area (Å²) < 4.78 is 1.95. The topological polar surface area (TPSA) is 12.0 Å². The molecule has 0 heterocycles. The van der Waals surface area contributed by atoms with E-state index in [0.717, 1.165) is 11.1 Å². The second-order valence-electron chi connectivity index (χ2n) is 6.62. The van der Waals surface area contributed by atoms with Crippen molar-refractivity contribution in [2.45, 2.75) is 46.1 Å². The summed E-state index contributed by atoms with van der Waals surface area (Å²) in [6, 6.07) is 12.4. The van der Waals surface area contributed by atoms with E-state index in [0.29, 0.717) is 23.4 Å². The number of hydrogen-bond donors (Lipinski definition) is 1. The van der Waals surface area contributed by atoms with E-state index in [-0.39, 0.29) is 0 Å². The predicted octanol–water partition coefficient (Wildman–Crippen LogP) is 7.28. The normalized spacial score (nSPS) is 11.8. The van der Waals surface area contributed by atoms with Crippen molar-refractivity contribution in [3.8, 4) is 0 Å². The molecule has 0 aliphatic carbocycles. The molecule has 2 rings (SSSR count). The van der Waals surface area contributed by atoms with E-state index < -0.39 is 13.5 Å². The molecule has 1 N–H and O–H groups in total. The molecular formula is C20H24Cl3NRu. The van der Waals surface area contributed by atoms with Crippen LogP contribution in [-0.2, 0) is 20.1 Å². The minimum absolute atomic E-state index is 0.458. The van der Waals surface area contributed by atoms with Gasteiger partial charge in [-0.1, -0.05) is 0 Å². The molecule has 0 fully saturated rings. The third kappa shape index (κ3) is 5.79. The molecule has 0 atom stereocenters. The quantitative estimate of drug-likeness (QED) is 0.424. The number of para-hydroxylation sites is 1. The summed E-state index contributed by atoms with van der Waals surface area (Å²) in [6.07, 6.45) is 0. The number of nitrogens with one attached hydrogen (secondary N) is 1. The van der Waals surface area contributed by atoms with Crippen LogP contribution < -0.4 is 5.32 Å². The zero-order chi connectivity index (χ0) is 18.6. The Kier molecular flexibility index (Phi) is 7.96. The molecule has 0 aromatic heterocycles. The maximum atomic E-state index is 6.14. The molecule has 138 valence electrons. The van der Waals surface area contributed by atoms with Gasteiger partial charge in [0.1, 0.15) is 0 Å². The first-order valence-corrected chi connectivity index (χ1v) is 14.1. The van der Waals surface area contributed by atoms with E-state index in [1.165, 1.54) is 16.8 Å². The van der Waals surface area contributed by atoms with Gasteiger partial charge in [0.25, 0.3) is 0 Å². The van der Waals surface area contributed by atoms with Crippen LogP contribution in [0.15, 0.2) is 36.4 Å². The van der Waals surface area contributed by atoms with Crippen molar-refractivity contribution >= 4 is 41.3 Å². The summed E-state index contributed by atoms with van der Waals surface area (Å²) >= 11 is 4.23. The number of hydrogen-bond acceptors (Lipinski definition) is 1. The van der Waals surface area contributed by atoms with Gasteiger partial charge in [-0.05, 0) is 0 Å². The van der Waals surface area contributed by atoms with Crippen molar-refractivity contribution < 1.29 is 13.5 Å². The maximum absolute atomic E-state index is 6.14. The molecule has 0 spiro atoms. The molecule has 0 bridgehead atoms. The molecule has 0 radical (unpaired) electrons. The van der Waals surface area contributed by atoms with Crippen LogP contribution in [0.3, 0.4) is 0 Å². The van der Waals surface area contributed by atoms with Crippen LogP contribution in [0.4, 0.5) is 5.69 Å². The van der Waals surface area contributed by atoms with E-state index in [2.05, 4.69) is 51.2 Å². The van der Waals surface area contributed by atoms with E-state index >= 15 is 0 Å². The van der Waals surface area contributed by atoms with Crippen molar-refractivity contribution in [1.29, 1.82) is 0 Å². The molecular weight excluding hydrogens is 462 g/mol. The van der Waals surface area contributed by atoms with Crippen molar-refractivity contribution in [3.05, 3.63) is 63.7 Å². The second-order valence-corrected chi connectivity index (χ2v) is 12.8. The predicted molar refractivity (Wildman–Crippen MR) is 110 cm³/mol. The standard InChI is InChI=1S/C20H24ClN.2ClH.Ru/c1-13(2)18-7-6-8-19(14(3)4)20(18)22-12-16-9-10-17(21)11-15(16)5;;;/h5-11,13-14,22H,12H2,1-4H3;2*1H;/q;;;+2/p-2. The average Bonchev–Trinajstić information content (AvgIpc) is 2.53. The third-order valence-corrected chi connectivity index (χ3v) is 6.19. The molecule has 0 aliphatic heterocycles. The Balaban J connectivity index is 2.38. The fourth-order valence-electron chi connectivity index (χ4n) is 2.84. The number of rotatable bonds is 6. The molecule has 0 unspecified atom stereocenters. The van der Waals surface area contributed by atoms with Gasteiger partial charge in [-0.2, -0.15) is 0 Å².